The van der Waals surface area contributed by atoms with Crippen LogP contribution in [0.2, 0.25) is 0 Å². The molecule has 1 aliphatic rings. The maximum Gasteiger partial charge on any atom is 0.251 e. The minimum Gasteiger partial charge on any atom is -0.354 e. The highest BCUT2D eigenvalue weighted by atomic mass is 35.5. The summed E-state index contributed by atoms with van der Waals surface area (Å²) in [5, 5.41) is 8.79. The van der Waals surface area contributed by atoms with Gasteiger partial charge in [0, 0.05) is 25.1 Å². The molecule has 3 N–H and O–H groups in total. The first-order valence-corrected chi connectivity index (χ1v) is 8.58. The Bertz CT molecular complexity index is 577. The Morgan fingerprint density at radius 1 is 1.20 bits per heavy atom. The van der Waals surface area contributed by atoms with Crippen molar-refractivity contribution in [1.29, 1.82) is 0 Å². The van der Waals surface area contributed by atoms with Gasteiger partial charge < -0.3 is 16.0 Å². The van der Waals surface area contributed by atoms with E-state index in [2.05, 4.69) is 16.0 Å². The van der Waals surface area contributed by atoms with Gasteiger partial charge in [-0.15, -0.1) is 12.4 Å². The number of amides is 2. The van der Waals surface area contributed by atoms with Crippen LogP contribution in [0.15, 0.2) is 18.2 Å². The summed E-state index contributed by atoms with van der Waals surface area (Å²) < 4.78 is 13.4. The van der Waals surface area contributed by atoms with Gasteiger partial charge in [-0.25, -0.2) is 4.39 Å². The summed E-state index contributed by atoms with van der Waals surface area (Å²) in [6.45, 7) is 4.44. The Hall–Kier alpha value is -1.66. The van der Waals surface area contributed by atoms with Gasteiger partial charge in [-0.1, -0.05) is 6.07 Å². The molecule has 140 valence electrons. The van der Waals surface area contributed by atoms with Crippen LogP contribution >= 0.6 is 12.4 Å². The summed E-state index contributed by atoms with van der Waals surface area (Å²) >= 11 is 0. The third-order valence-corrected chi connectivity index (χ3v) is 4.41. The summed E-state index contributed by atoms with van der Waals surface area (Å²) in [6, 6.07) is 4.39. The number of rotatable bonds is 7. The molecule has 1 saturated heterocycles. The third kappa shape index (κ3) is 7.40. The topological polar surface area (TPSA) is 70.2 Å². The van der Waals surface area contributed by atoms with E-state index in [1.807, 2.05) is 0 Å². The number of nitrogens with one attached hydrogen (secondary N) is 3. The molecule has 25 heavy (non-hydrogen) atoms. The lowest BCUT2D eigenvalue weighted by atomic mass is 9.93. The predicted molar refractivity (Wildman–Crippen MR) is 98.6 cm³/mol. The van der Waals surface area contributed by atoms with Crippen LogP contribution in [0.1, 0.15) is 41.6 Å². The summed E-state index contributed by atoms with van der Waals surface area (Å²) in [4.78, 5) is 23.7. The van der Waals surface area contributed by atoms with Crippen molar-refractivity contribution >= 4 is 24.2 Å². The second kappa shape index (κ2) is 11.1. The van der Waals surface area contributed by atoms with Crippen molar-refractivity contribution in [3.05, 3.63) is 35.1 Å². The van der Waals surface area contributed by atoms with Crippen molar-refractivity contribution in [2.24, 2.45) is 5.92 Å². The van der Waals surface area contributed by atoms with Crippen LogP contribution in [0.4, 0.5) is 4.39 Å². The van der Waals surface area contributed by atoms with Gasteiger partial charge >= 0.3 is 0 Å². The fraction of sp³-hybridized carbons (Fsp3) is 0.556. The number of aryl methyl sites for hydroxylation is 1. The molecule has 0 saturated carbocycles. The first kappa shape index (κ1) is 21.4. The molecular formula is C18H27ClFN3O2. The smallest absolute Gasteiger partial charge is 0.251 e. The maximum atomic E-state index is 13.4. The quantitative estimate of drug-likeness (QED) is 0.643. The zero-order valence-electron chi connectivity index (χ0n) is 14.6. The average molecular weight is 372 g/mol. The lowest BCUT2D eigenvalue weighted by Gasteiger charge is -2.22. The highest BCUT2D eigenvalue weighted by Crippen LogP contribution is 2.17. The number of hydrogen-bond donors (Lipinski definition) is 3. The first-order valence-electron chi connectivity index (χ1n) is 8.58. The summed E-state index contributed by atoms with van der Waals surface area (Å²) in [6.07, 6.45) is 3.72. The number of halogens is 2. The standard InChI is InChI=1S/C18H26FN3O2.ClH/c1-13-2-4-15(12-16(13)19)18(24)22-11-10-21-17(23)5-3-14-6-8-20-9-7-14;/h2,4,12,14,20H,3,5-11H2,1H3,(H,21,23)(H,22,24);1H. The molecule has 1 fully saturated rings. The van der Waals surface area contributed by atoms with Crippen LogP contribution < -0.4 is 16.0 Å². The zero-order chi connectivity index (χ0) is 17.4. The minimum absolute atomic E-state index is 0. The summed E-state index contributed by atoms with van der Waals surface area (Å²) in [5.74, 6) is -0.0796. The van der Waals surface area contributed by atoms with Gasteiger partial charge in [0.05, 0.1) is 0 Å². The van der Waals surface area contributed by atoms with Crippen LogP contribution in [0.25, 0.3) is 0 Å². The lowest BCUT2D eigenvalue weighted by molar-refractivity contribution is -0.121. The largest absolute Gasteiger partial charge is 0.354 e. The molecule has 1 heterocycles. The third-order valence-electron chi connectivity index (χ3n) is 4.41. The average Bonchev–Trinajstić information content (AvgIpc) is 2.60. The molecule has 2 amide bonds. The van der Waals surface area contributed by atoms with Gasteiger partial charge in [0.2, 0.25) is 5.91 Å². The van der Waals surface area contributed by atoms with E-state index in [1.165, 1.54) is 6.07 Å². The van der Waals surface area contributed by atoms with E-state index in [0.29, 0.717) is 31.0 Å². The number of hydrogen-bond acceptors (Lipinski definition) is 3. The van der Waals surface area contributed by atoms with E-state index in [4.69, 9.17) is 0 Å². The molecule has 0 atom stereocenters. The van der Waals surface area contributed by atoms with E-state index < -0.39 is 5.82 Å². The fourth-order valence-electron chi connectivity index (χ4n) is 2.81. The van der Waals surface area contributed by atoms with Crippen molar-refractivity contribution < 1.29 is 14.0 Å². The normalized spacial score (nSPS) is 14.5. The lowest BCUT2D eigenvalue weighted by Crippen LogP contribution is -2.35. The van der Waals surface area contributed by atoms with Crippen LogP contribution in [0.5, 0.6) is 0 Å². The number of carbonyl (C=O) groups excluding carboxylic acids is 2. The Morgan fingerprint density at radius 2 is 1.88 bits per heavy atom. The molecule has 5 nitrogen and oxygen atoms in total. The maximum absolute atomic E-state index is 13.4. The Labute approximate surface area is 154 Å². The molecule has 1 aromatic rings. The molecule has 0 bridgehead atoms. The predicted octanol–water partition coefficient (Wildman–Crippen LogP) is 2.18. The van der Waals surface area contributed by atoms with Crippen molar-refractivity contribution in [2.75, 3.05) is 26.2 Å². The summed E-state index contributed by atoms with van der Waals surface area (Å²) in [7, 11) is 0. The Morgan fingerprint density at radius 3 is 2.56 bits per heavy atom. The SMILES string of the molecule is Cc1ccc(C(=O)NCCNC(=O)CCC2CCNCC2)cc1F.Cl. The zero-order valence-corrected chi connectivity index (χ0v) is 15.4. The second-order valence-corrected chi connectivity index (χ2v) is 6.30. The van der Waals surface area contributed by atoms with Crippen LogP contribution in [-0.2, 0) is 4.79 Å². The molecule has 7 heteroatoms. The first-order chi connectivity index (χ1) is 11.6. The number of carbonyl (C=O) groups is 2. The van der Waals surface area contributed by atoms with Crippen molar-refractivity contribution in [2.45, 2.75) is 32.6 Å². The number of benzene rings is 1. The highest BCUT2D eigenvalue weighted by molar-refractivity contribution is 5.94. The molecule has 0 unspecified atom stereocenters. The Kier molecular flexibility index (Phi) is 9.45. The second-order valence-electron chi connectivity index (χ2n) is 6.30. The molecule has 0 aromatic heterocycles. The van der Waals surface area contributed by atoms with Crippen molar-refractivity contribution in [3.63, 3.8) is 0 Å². The molecule has 0 aliphatic carbocycles. The van der Waals surface area contributed by atoms with Crippen LogP contribution in [0, 0.1) is 18.7 Å². The molecule has 2 rings (SSSR count). The summed E-state index contributed by atoms with van der Waals surface area (Å²) in [5.41, 5.74) is 0.794. The highest BCUT2D eigenvalue weighted by Gasteiger charge is 2.14. The minimum atomic E-state index is -0.395. The van der Waals surface area contributed by atoms with Gasteiger partial charge in [0.25, 0.3) is 5.91 Å². The van der Waals surface area contributed by atoms with Gasteiger partial charge in [0.1, 0.15) is 5.82 Å². The monoisotopic (exact) mass is 371 g/mol. The molecule has 1 aromatic carbocycles. The Balaban J connectivity index is 0.00000312. The molecule has 0 radical (unpaired) electrons. The van der Waals surface area contributed by atoms with Crippen molar-refractivity contribution in [1.82, 2.24) is 16.0 Å². The van der Waals surface area contributed by atoms with Gasteiger partial charge in [-0.3, -0.25) is 9.59 Å². The van der Waals surface area contributed by atoms with E-state index in [0.717, 1.165) is 32.4 Å². The van der Waals surface area contributed by atoms with Crippen LogP contribution in [-0.4, -0.2) is 38.0 Å². The van der Waals surface area contributed by atoms with Gasteiger partial charge in [-0.05, 0) is 62.9 Å². The van der Waals surface area contributed by atoms with E-state index in [1.54, 1.807) is 19.1 Å². The van der Waals surface area contributed by atoms with E-state index >= 15 is 0 Å². The fourth-order valence-corrected chi connectivity index (χ4v) is 2.81. The molecule has 1 aliphatic heterocycles. The van der Waals surface area contributed by atoms with Crippen LogP contribution in [0.3, 0.4) is 0 Å². The van der Waals surface area contributed by atoms with Crippen molar-refractivity contribution in [3.8, 4) is 0 Å². The van der Waals surface area contributed by atoms with E-state index in [-0.39, 0.29) is 29.8 Å². The van der Waals surface area contributed by atoms with Gasteiger partial charge in [-0.2, -0.15) is 0 Å². The molecular weight excluding hydrogens is 345 g/mol. The molecule has 0 spiro atoms. The number of piperidine rings is 1. The van der Waals surface area contributed by atoms with Gasteiger partial charge in [0.15, 0.2) is 0 Å². The van der Waals surface area contributed by atoms with E-state index in [9.17, 15) is 14.0 Å².